The second kappa shape index (κ2) is 10.5. The third-order valence-electron chi connectivity index (χ3n) is 3.23. The Labute approximate surface area is 117 Å². The van der Waals surface area contributed by atoms with E-state index in [-0.39, 0.29) is 0 Å². The van der Waals surface area contributed by atoms with Gasteiger partial charge in [-0.15, -0.1) is 17.2 Å². The van der Waals surface area contributed by atoms with Crippen molar-refractivity contribution in [3.8, 4) is 0 Å². The van der Waals surface area contributed by atoms with E-state index in [0.29, 0.717) is 19.3 Å². The van der Waals surface area contributed by atoms with Crippen molar-refractivity contribution in [2.45, 2.75) is 52.1 Å². The summed E-state index contributed by atoms with van der Waals surface area (Å²) in [5.41, 5.74) is 0. The maximum atomic E-state index is 9.19. The molecule has 1 unspecified atom stereocenters. The van der Waals surface area contributed by atoms with Crippen LogP contribution in [-0.2, 0) is 10.1 Å². The summed E-state index contributed by atoms with van der Waals surface area (Å²) in [4.78, 5) is 0. The fourth-order valence-electron chi connectivity index (χ4n) is 1.52. The zero-order chi connectivity index (χ0) is 14.8. The van der Waals surface area contributed by atoms with Gasteiger partial charge in [-0.1, -0.05) is 27.7 Å². The van der Waals surface area contributed by atoms with Crippen LogP contribution < -0.4 is 0 Å². The van der Waals surface area contributed by atoms with Gasteiger partial charge in [-0.05, 0) is 42.9 Å². The summed E-state index contributed by atoms with van der Waals surface area (Å²) < 4.78 is 25.9. The molecule has 0 rings (SSSR count). The zero-order valence-corrected chi connectivity index (χ0v) is 15.3. The summed E-state index contributed by atoms with van der Waals surface area (Å²) in [5.74, 6) is 0. The van der Waals surface area contributed by atoms with Crippen molar-refractivity contribution in [3.63, 3.8) is 0 Å². The van der Waals surface area contributed by atoms with Crippen LogP contribution in [0.3, 0.4) is 0 Å². The van der Waals surface area contributed by atoms with E-state index in [0.717, 1.165) is 0 Å². The first-order chi connectivity index (χ1) is 8.11. The monoisotopic (exact) mass is 316 g/mol. The van der Waals surface area contributed by atoms with Gasteiger partial charge >= 0.3 is 0 Å². The lowest BCUT2D eigenvalue weighted by molar-refractivity contribution is 0.490. The standard InChI is InChI=1S/C11H26P2.CH4O3S/c1-5-11(12,6-2)9-10-13(7-3)8-4;1-5(2,3)4/h5-10,12H2,1-4H3;1H3,(H,2,3,4). The predicted octanol–water partition coefficient (Wildman–Crippen LogP) is 3.84. The molecule has 0 aliphatic rings. The average molecular weight is 316 g/mol. The van der Waals surface area contributed by atoms with Crippen LogP contribution in [-0.4, -0.2) is 42.9 Å². The molecule has 112 valence electrons. The molecule has 1 N–H and O–H groups in total. The summed E-state index contributed by atoms with van der Waals surface area (Å²) in [5, 5.41) is 0.547. The fraction of sp³-hybridized carbons (Fsp3) is 1.00. The molecule has 0 amide bonds. The first-order valence-electron chi connectivity index (χ1n) is 6.55. The number of rotatable bonds is 7. The first-order valence-corrected chi connectivity index (χ1v) is 10.9. The normalized spacial score (nSPS) is 12.2. The van der Waals surface area contributed by atoms with Gasteiger partial charge in [-0.25, -0.2) is 0 Å². The zero-order valence-electron chi connectivity index (χ0n) is 12.4. The van der Waals surface area contributed by atoms with Gasteiger partial charge in [0.25, 0.3) is 10.1 Å². The van der Waals surface area contributed by atoms with Gasteiger partial charge in [0, 0.05) is 0 Å². The van der Waals surface area contributed by atoms with Crippen molar-refractivity contribution in [2.75, 3.05) is 24.7 Å². The molecule has 0 aromatic carbocycles. The van der Waals surface area contributed by atoms with Crippen molar-refractivity contribution < 1.29 is 13.0 Å². The van der Waals surface area contributed by atoms with Crippen molar-refractivity contribution in [1.29, 1.82) is 0 Å². The molecule has 1 atom stereocenters. The van der Waals surface area contributed by atoms with E-state index in [2.05, 4.69) is 36.9 Å². The largest absolute Gasteiger partial charge is 0.286 e. The van der Waals surface area contributed by atoms with Crippen molar-refractivity contribution in [3.05, 3.63) is 0 Å². The van der Waals surface area contributed by atoms with Crippen molar-refractivity contribution >= 4 is 27.3 Å². The third-order valence-corrected chi connectivity index (χ3v) is 6.98. The SMILES string of the molecule is CCP(CC)CCC(P)(CC)CC.CS(=O)(=O)O. The van der Waals surface area contributed by atoms with Crippen LogP contribution in [0.2, 0.25) is 0 Å². The molecule has 0 saturated heterocycles. The minimum atomic E-state index is -3.67. The summed E-state index contributed by atoms with van der Waals surface area (Å²) in [6.45, 7) is 9.32. The second-order valence-corrected chi connectivity index (χ2v) is 10.3. The smallest absolute Gasteiger partial charge is 0.261 e. The summed E-state index contributed by atoms with van der Waals surface area (Å²) in [7, 11) is -0.226. The molecule has 18 heavy (non-hydrogen) atoms. The molecule has 0 aromatic heterocycles. The van der Waals surface area contributed by atoms with Gasteiger partial charge in [-0.3, -0.25) is 4.55 Å². The van der Waals surface area contributed by atoms with E-state index in [1.807, 2.05) is 0 Å². The maximum absolute atomic E-state index is 9.19. The van der Waals surface area contributed by atoms with E-state index < -0.39 is 10.1 Å². The van der Waals surface area contributed by atoms with Gasteiger partial charge in [0.05, 0.1) is 6.26 Å². The maximum Gasteiger partial charge on any atom is 0.261 e. The number of hydrogen-bond acceptors (Lipinski definition) is 2. The van der Waals surface area contributed by atoms with Gasteiger partial charge < -0.3 is 0 Å². The lowest BCUT2D eigenvalue weighted by Crippen LogP contribution is -2.19. The van der Waals surface area contributed by atoms with Crippen LogP contribution in [0.15, 0.2) is 0 Å². The van der Waals surface area contributed by atoms with Crippen LogP contribution in [0.1, 0.15) is 47.0 Å². The Kier molecular flexibility index (Phi) is 12.3. The molecule has 0 spiro atoms. The molecule has 0 aliphatic heterocycles. The summed E-state index contributed by atoms with van der Waals surface area (Å²) in [6, 6.07) is 0. The summed E-state index contributed by atoms with van der Waals surface area (Å²) >= 11 is 0. The fourth-order valence-corrected chi connectivity index (χ4v) is 3.75. The second-order valence-electron chi connectivity index (χ2n) is 4.58. The van der Waals surface area contributed by atoms with Crippen molar-refractivity contribution in [1.82, 2.24) is 0 Å². The van der Waals surface area contributed by atoms with Crippen LogP contribution in [0.4, 0.5) is 0 Å². The van der Waals surface area contributed by atoms with Crippen LogP contribution in [0, 0.1) is 0 Å². The molecule has 0 bridgehead atoms. The Balaban J connectivity index is 0. The lowest BCUT2D eigenvalue weighted by Gasteiger charge is -2.28. The lowest BCUT2D eigenvalue weighted by atomic mass is 9.99. The van der Waals surface area contributed by atoms with Gasteiger partial charge in [0.15, 0.2) is 0 Å². The Bertz CT molecular complexity index is 276. The quantitative estimate of drug-likeness (QED) is 0.573. The molecule has 0 radical (unpaired) electrons. The third kappa shape index (κ3) is 14.8. The average Bonchev–Trinajstić information content (AvgIpc) is 2.28. The highest BCUT2D eigenvalue weighted by Crippen LogP contribution is 2.40. The Morgan fingerprint density at radius 2 is 1.44 bits per heavy atom. The van der Waals surface area contributed by atoms with E-state index in [4.69, 9.17) is 4.55 Å². The van der Waals surface area contributed by atoms with Crippen LogP contribution >= 0.6 is 17.2 Å². The number of hydrogen-bond donors (Lipinski definition) is 1. The van der Waals surface area contributed by atoms with Gasteiger partial charge in [0.2, 0.25) is 0 Å². The molecule has 0 aromatic rings. The molecule has 3 nitrogen and oxygen atoms in total. The summed E-state index contributed by atoms with van der Waals surface area (Å²) in [6.07, 6.45) is 9.06. The minimum Gasteiger partial charge on any atom is -0.286 e. The van der Waals surface area contributed by atoms with Crippen molar-refractivity contribution in [2.24, 2.45) is 0 Å². The highest BCUT2D eigenvalue weighted by Gasteiger charge is 2.20. The van der Waals surface area contributed by atoms with E-state index in [1.165, 1.54) is 37.7 Å². The molecule has 0 aliphatic carbocycles. The predicted molar refractivity (Wildman–Crippen MR) is 88.0 cm³/mol. The minimum absolute atomic E-state index is 0.355. The molecule has 0 fully saturated rings. The molecule has 6 heteroatoms. The van der Waals surface area contributed by atoms with Gasteiger partial charge in [0.1, 0.15) is 0 Å². The van der Waals surface area contributed by atoms with E-state index in [1.54, 1.807) is 0 Å². The first kappa shape index (κ1) is 21.1. The Morgan fingerprint density at radius 3 is 1.67 bits per heavy atom. The molecular weight excluding hydrogens is 286 g/mol. The van der Waals surface area contributed by atoms with Crippen LogP contribution in [0.25, 0.3) is 0 Å². The van der Waals surface area contributed by atoms with Gasteiger partial charge in [-0.2, -0.15) is 8.42 Å². The molecular formula is C12H30O3P2S. The van der Waals surface area contributed by atoms with Crippen LogP contribution in [0.5, 0.6) is 0 Å². The highest BCUT2D eigenvalue weighted by molar-refractivity contribution is 7.85. The Morgan fingerprint density at radius 1 is 1.11 bits per heavy atom. The van der Waals surface area contributed by atoms with E-state index in [9.17, 15) is 8.42 Å². The van der Waals surface area contributed by atoms with E-state index >= 15 is 0 Å². The molecule has 0 heterocycles. The molecule has 0 saturated carbocycles. The Hall–Kier alpha value is 0.770. The highest BCUT2D eigenvalue weighted by atomic mass is 32.2. The topological polar surface area (TPSA) is 54.4 Å².